The van der Waals surface area contributed by atoms with Gasteiger partial charge in [0.25, 0.3) is 0 Å². The lowest BCUT2D eigenvalue weighted by molar-refractivity contribution is -0.122. The zero-order valence-corrected chi connectivity index (χ0v) is 14.9. The summed E-state index contributed by atoms with van der Waals surface area (Å²) in [5.41, 5.74) is 2.60. The number of rotatable bonds is 6. The number of carbonyl (C=O) groups is 1. The quantitative estimate of drug-likeness (QED) is 0.870. The van der Waals surface area contributed by atoms with E-state index in [0.717, 1.165) is 18.6 Å². The summed E-state index contributed by atoms with van der Waals surface area (Å²) in [6.07, 6.45) is 5.03. The average Bonchev–Trinajstić information content (AvgIpc) is 3.04. The number of amides is 1. The van der Waals surface area contributed by atoms with Crippen LogP contribution in [0.1, 0.15) is 48.6 Å². The van der Waals surface area contributed by atoms with Gasteiger partial charge >= 0.3 is 0 Å². The highest BCUT2D eigenvalue weighted by Gasteiger charge is 2.27. The van der Waals surface area contributed by atoms with Gasteiger partial charge in [-0.15, -0.1) is 0 Å². The second-order valence-electron chi connectivity index (χ2n) is 6.30. The summed E-state index contributed by atoms with van der Waals surface area (Å²) in [7, 11) is 0. The van der Waals surface area contributed by atoms with Crippen molar-refractivity contribution in [1.82, 2.24) is 15.5 Å². The number of benzene rings is 1. The van der Waals surface area contributed by atoms with Gasteiger partial charge in [0.2, 0.25) is 11.8 Å². The van der Waals surface area contributed by atoms with E-state index in [9.17, 15) is 4.79 Å². The second kappa shape index (κ2) is 7.83. The van der Waals surface area contributed by atoms with Crippen LogP contribution in [-0.2, 0) is 23.4 Å². The molecule has 1 aliphatic carbocycles. The van der Waals surface area contributed by atoms with Gasteiger partial charge in [0.15, 0.2) is 5.82 Å². The molecule has 1 amide bonds. The van der Waals surface area contributed by atoms with Gasteiger partial charge in [-0.05, 0) is 36.1 Å². The van der Waals surface area contributed by atoms with Crippen molar-refractivity contribution in [2.45, 2.75) is 44.4 Å². The first-order valence-electron chi connectivity index (χ1n) is 8.35. The predicted molar refractivity (Wildman–Crippen MR) is 94.6 cm³/mol. The molecule has 1 aliphatic rings. The van der Waals surface area contributed by atoms with Crippen LogP contribution in [0, 0.1) is 5.92 Å². The molecule has 0 fully saturated rings. The van der Waals surface area contributed by atoms with Crippen molar-refractivity contribution in [3.63, 3.8) is 0 Å². The predicted octanol–water partition coefficient (Wildman–Crippen LogP) is 3.31. The molecule has 24 heavy (non-hydrogen) atoms. The number of aromatic nitrogens is 2. The zero-order chi connectivity index (χ0) is 16.9. The Morgan fingerprint density at radius 3 is 3.08 bits per heavy atom. The third-order valence-electron chi connectivity index (χ3n) is 4.49. The lowest BCUT2D eigenvalue weighted by Crippen LogP contribution is -2.35. The Morgan fingerprint density at radius 1 is 1.42 bits per heavy atom. The molecule has 1 aromatic heterocycles. The van der Waals surface area contributed by atoms with Crippen molar-refractivity contribution in [1.29, 1.82) is 0 Å². The molecule has 0 unspecified atom stereocenters. The van der Waals surface area contributed by atoms with Crippen LogP contribution in [0.5, 0.6) is 0 Å². The Bertz CT molecular complexity index is 701. The highest BCUT2D eigenvalue weighted by Crippen LogP contribution is 2.34. The van der Waals surface area contributed by atoms with Gasteiger partial charge in [0.1, 0.15) is 0 Å². The highest BCUT2D eigenvalue weighted by atomic mass is 32.2. The summed E-state index contributed by atoms with van der Waals surface area (Å²) in [5.74, 6) is 2.43. The molecule has 0 radical (unpaired) electrons. The molecule has 0 saturated heterocycles. The van der Waals surface area contributed by atoms with Crippen LogP contribution in [-0.4, -0.2) is 22.3 Å². The molecular weight excluding hydrogens is 322 g/mol. The molecule has 1 N–H and O–H groups in total. The van der Waals surface area contributed by atoms with Gasteiger partial charge in [-0.3, -0.25) is 4.79 Å². The van der Waals surface area contributed by atoms with E-state index in [1.165, 1.54) is 11.1 Å². The topological polar surface area (TPSA) is 68.0 Å². The fraction of sp³-hybridized carbons (Fsp3) is 0.500. The Balaban J connectivity index is 1.58. The molecule has 1 heterocycles. The van der Waals surface area contributed by atoms with Gasteiger partial charge in [0.05, 0.1) is 11.8 Å². The Hall–Kier alpha value is -1.82. The van der Waals surface area contributed by atoms with Gasteiger partial charge in [-0.1, -0.05) is 36.3 Å². The van der Waals surface area contributed by atoms with Crippen LogP contribution < -0.4 is 5.32 Å². The molecule has 3 rings (SSSR count). The Labute approximate surface area is 146 Å². The number of thioether (sulfide) groups is 1. The summed E-state index contributed by atoms with van der Waals surface area (Å²) >= 11 is 1.65. The molecule has 1 aromatic carbocycles. The SMILES string of the molecule is CSCc1noc(CCC(=O)N[C@H]2c3ccccc3CC[C@H]2C)n1. The number of carbonyl (C=O) groups excluding carboxylic acids is 1. The summed E-state index contributed by atoms with van der Waals surface area (Å²) in [6.45, 7) is 2.20. The summed E-state index contributed by atoms with van der Waals surface area (Å²) < 4.78 is 5.18. The minimum absolute atomic E-state index is 0.0353. The summed E-state index contributed by atoms with van der Waals surface area (Å²) in [4.78, 5) is 16.7. The maximum atomic E-state index is 12.4. The van der Waals surface area contributed by atoms with Crippen molar-refractivity contribution in [3.8, 4) is 0 Å². The average molecular weight is 345 g/mol. The van der Waals surface area contributed by atoms with Crippen LogP contribution >= 0.6 is 11.8 Å². The van der Waals surface area contributed by atoms with Gasteiger partial charge in [0, 0.05) is 12.8 Å². The zero-order valence-electron chi connectivity index (χ0n) is 14.1. The van der Waals surface area contributed by atoms with Crippen LogP contribution in [0.4, 0.5) is 0 Å². The first-order chi connectivity index (χ1) is 11.7. The lowest BCUT2D eigenvalue weighted by atomic mass is 9.80. The van der Waals surface area contributed by atoms with Crippen molar-refractivity contribution in [2.24, 2.45) is 5.92 Å². The number of fused-ring (bicyclic) bond motifs is 1. The Kier molecular flexibility index (Phi) is 5.56. The van der Waals surface area contributed by atoms with E-state index in [2.05, 4.69) is 40.6 Å². The fourth-order valence-corrected chi connectivity index (χ4v) is 3.56. The van der Waals surface area contributed by atoms with Gasteiger partial charge in [-0.2, -0.15) is 16.7 Å². The van der Waals surface area contributed by atoms with E-state index in [4.69, 9.17) is 4.52 Å². The Morgan fingerprint density at radius 2 is 2.25 bits per heavy atom. The van der Waals surface area contributed by atoms with Crippen LogP contribution in [0.15, 0.2) is 28.8 Å². The standard InChI is InChI=1S/C18H23N3O2S/c1-12-7-8-13-5-3-4-6-14(13)18(12)20-16(22)9-10-17-19-15(11-24-2)21-23-17/h3-6,12,18H,7-11H2,1-2H3,(H,20,22)/t12-,18-/m1/s1. The number of aryl methyl sites for hydroxylation is 2. The molecule has 128 valence electrons. The minimum atomic E-state index is 0.0353. The second-order valence-corrected chi connectivity index (χ2v) is 7.16. The van der Waals surface area contributed by atoms with Crippen LogP contribution in [0.25, 0.3) is 0 Å². The highest BCUT2D eigenvalue weighted by molar-refractivity contribution is 7.97. The van der Waals surface area contributed by atoms with Crippen molar-refractivity contribution < 1.29 is 9.32 Å². The minimum Gasteiger partial charge on any atom is -0.349 e. The first-order valence-corrected chi connectivity index (χ1v) is 9.74. The maximum absolute atomic E-state index is 12.4. The van der Waals surface area contributed by atoms with E-state index < -0.39 is 0 Å². The number of hydrogen-bond acceptors (Lipinski definition) is 5. The van der Waals surface area contributed by atoms with E-state index in [0.29, 0.717) is 30.5 Å². The molecule has 2 aromatic rings. The van der Waals surface area contributed by atoms with Gasteiger partial charge < -0.3 is 9.84 Å². The molecular formula is C18H23N3O2S. The van der Waals surface area contributed by atoms with E-state index in [1.807, 2.05) is 12.3 Å². The largest absolute Gasteiger partial charge is 0.349 e. The molecule has 5 nitrogen and oxygen atoms in total. The maximum Gasteiger partial charge on any atom is 0.227 e. The third-order valence-corrected chi connectivity index (χ3v) is 5.04. The molecule has 0 saturated carbocycles. The van der Waals surface area contributed by atoms with Gasteiger partial charge in [-0.25, -0.2) is 0 Å². The lowest BCUT2D eigenvalue weighted by Gasteiger charge is -2.32. The monoisotopic (exact) mass is 345 g/mol. The summed E-state index contributed by atoms with van der Waals surface area (Å²) in [5, 5.41) is 7.10. The fourth-order valence-electron chi connectivity index (χ4n) is 3.19. The number of hydrogen-bond donors (Lipinski definition) is 1. The smallest absolute Gasteiger partial charge is 0.227 e. The van der Waals surface area contributed by atoms with E-state index in [1.54, 1.807) is 11.8 Å². The molecule has 2 atom stereocenters. The van der Waals surface area contributed by atoms with Crippen molar-refractivity contribution in [3.05, 3.63) is 47.1 Å². The van der Waals surface area contributed by atoms with E-state index >= 15 is 0 Å². The number of nitrogens with one attached hydrogen (secondary N) is 1. The van der Waals surface area contributed by atoms with E-state index in [-0.39, 0.29) is 11.9 Å². The van der Waals surface area contributed by atoms with Crippen LogP contribution in [0.3, 0.4) is 0 Å². The third kappa shape index (κ3) is 3.98. The first kappa shape index (κ1) is 17.0. The van der Waals surface area contributed by atoms with Crippen molar-refractivity contribution >= 4 is 17.7 Å². The molecule has 0 spiro atoms. The van der Waals surface area contributed by atoms with Crippen molar-refractivity contribution in [2.75, 3.05) is 6.26 Å². The normalized spacial score (nSPS) is 19.8. The van der Waals surface area contributed by atoms with Crippen LogP contribution in [0.2, 0.25) is 0 Å². The molecule has 0 bridgehead atoms. The summed E-state index contributed by atoms with van der Waals surface area (Å²) in [6, 6.07) is 8.49. The number of nitrogens with zero attached hydrogens (tertiary/aromatic N) is 2. The molecule has 6 heteroatoms. The molecule has 0 aliphatic heterocycles.